The van der Waals surface area contributed by atoms with Gasteiger partial charge in [-0.3, -0.25) is 4.79 Å². The molecule has 118 valence electrons. The summed E-state index contributed by atoms with van der Waals surface area (Å²) in [4.78, 5) is 11.8. The number of benzene rings is 1. The molecule has 21 heavy (non-hydrogen) atoms. The van der Waals surface area contributed by atoms with Crippen molar-refractivity contribution in [1.82, 2.24) is 9.62 Å². The number of likely N-dealkylation sites (N-methyl/N-ethyl adjacent to an activating group) is 1. The third-order valence-corrected chi connectivity index (χ3v) is 4.48. The number of amides is 1. The zero-order chi connectivity index (χ0) is 16.0. The van der Waals surface area contributed by atoms with Gasteiger partial charge in [-0.2, -0.15) is 4.31 Å². The van der Waals surface area contributed by atoms with E-state index in [1.807, 2.05) is 20.8 Å². The van der Waals surface area contributed by atoms with Crippen LogP contribution in [0.4, 0.5) is 0 Å². The molecule has 1 aromatic rings. The lowest BCUT2D eigenvalue weighted by Gasteiger charge is -2.18. The van der Waals surface area contributed by atoms with Crippen molar-refractivity contribution in [1.29, 1.82) is 0 Å². The number of nitrogens with one attached hydrogen (secondary N) is 1. The Kier molecular flexibility index (Phi) is 6.17. The number of rotatable bonds is 7. The second-order valence-corrected chi connectivity index (χ2v) is 6.93. The molecule has 0 saturated carbocycles. The van der Waals surface area contributed by atoms with Crippen LogP contribution in [0.2, 0.25) is 0 Å². The Bertz CT molecular complexity index is 567. The van der Waals surface area contributed by atoms with Crippen LogP contribution in [0.5, 0.6) is 5.75 Å². The molecule has 1 amide bonds. The van der Waals surface area contributed by atoms with Crippen molar-refractivity contribution in [2.75, 3.05) is 20.2 Å². The van der Waals surface area contributed by atoms with Crippen LogP contribution in [0, 0.1) is 0 Å². The smallest absolute Gasteiger partial charge is 0.243 e. The Morgan fingerprint density at radius 2 is 1.86 bits per heavy atom. The molecule has 1 aromatic carbocycles. The molecule has 0 aromatic heterocycles. The Labute approximate surface area is 126 Å². The van der Waals surface area contributed by atoms with Gasteiger partial charge in [0.25, 0.3) is 0 Å². The fraction of sp³-hybridized carbons (Fsp3) is 0.500. The Morgan fingerprint density at radius 1 is 1.29 bits per heavy atom. The maximum absolute atomic E-state index is 12.3. The monoisotopic (exact) mass is 314 g/mol. The highest BCUT2D eigenvalue weighted by molar-refractivity contribution is 7.89. The predicted octanol–water partition coefficient (Wildman–Crippen LogP) is 1.23. The molecule has 1 rings (SSSR count). The minimum Gasteiger partial charge on any atom is -0.494 e. The number of carbonyl (C=O) groups is 1. The van der Waals surface area contributed by atoms with Gasteiger partial charge in [-0.25, -0.2) is 8.42 Å². The average molecular weight is 314 g/mol. The zero-order valence-electron chi connectivity index (χ0n) is 12.8. The largest absolute Gasteiger partial charge is 0.494 e. The van der Waals surface area contributed by atoms with Crippen molar-refractivity contribution in [2.24, 2.45) is 0 Å². The minimum absolute atomic E-state index is 0.0286. The highest BCUT2D eigenvalue weighted by Gasteiger charge is 2.23. The van der Waals surface area contributed by atoms with Gasteiger partial charge in [0.1, 0.15) is 5.75 Å². The van der Waals surface area contributed by atoms with Crippen LogP contribution in [0.1, 0.15) is 20.8 Å². The lowest BCUT2D eigenvalue weighted by atomic mass is 10.3. The van der Waals surface area contributed by atoms with E-state index in [9.17, 15) is 13.2 Å². The molecule has 0 saturated heterocycles. The molecule has 0 heterocycles. The summed E-state index contributed by atoms with van der Waals surface area (Å²) in [7, 11) is -2.30. The molecule has 6 nitrogen and oxygen atoms in total. The Balaban J connectivity index is 2.81. The summed E-state index contributed by atoms with van der Waals surface area (Å²) in [5, 5.41) is 2.66. The van der Waals surface area contributed by atoms with Crippen LogP contribution in [0.25, 0.3) is 0 Å². The Morgan fingerprint density at radius 3 is 2.33 bits per heavy atom. The standard InChI is InChI=1S/C14H22N2O4S/c1-5-20-12-6-8-13(9-7-12)21(18,19)16(4)10-14(17)15-11(2)3/h6-9,11H,5,10H2,1-4H3,(H,15,17). The van der Waals surface area contributed by atoms with Crippen LogP contribution in [-0.4, -0.2) is 44.9 Å². The van der Waals surface area contributed by atoms with E-state index in [1.54, 1.807) is 12.1 Å². The van der Waals surface area contributed by atoms with E-state index in [-0.39, 0.29) is 23.4 Å². The number of nitrogens with zero attached hydrogens (tertiary/aromatic N) is 1. The third-order valence-electron chi connectivity index (χ3n) is 2.66. The molecular formula is C14H22N2O4S. The molecule has 0 radical (unpaired) electrons. The molecule has 0 aliphatic heterocycles. The summed E-state index contributed by atoms with van der Waals surface area (Å²) in [5.41, 5.74) is 0. The zero-order valence-corrected chi connectivity index (χ0v) is 13.6. The van der Waals surface area contributed by atoms with E-state index in [0.717, 1.165) is 4.31 Å². The molecule has 0 spiro atoms. The number of ether oxygens (including phenoxy) is 1. The van der Waals surface area contributed by atoms with Crippen molar-refractivity contribution >= 4 is 15.9 Å². The van der Waals surface area contributed by atoms with Gasteiger partial charge in [-0.05, 0) is 45.0 Å². The highest BCUT2D eigenvalue weighted by atomic mass is 32.2. The first-order valence-electron chi connectivity index (χ1n) is 6.76. The highest BCUT2D eigenvalue weighted by Crippen LogP contribution is 2.18. The maximum atomic E-state index is 12.3. The van der Waals surface area contributed by atoms with Gasteiger partial charge < -0.3 is 10.1 Å². The van der Waals surface area contributed by atoms with Crippen molar-refractivity contribution in [3.05, 3.63) is 24.3 Å². The van der Waals surface area contributed by atoms with Crippen molar-refractivity contribution in [2.45, 2.75) is 31.7 Å². The van der Waals surface area contributed by atoms with Crippen LogP contribution in [-0.2, 0) is 14.8 Å². The van der Waals surface area contributed by atoms with E-state index >= 15 is 0 Å². The first-order chi connectivity index (χ1) is 9.77. The quantitative estimate of drug-likeness (QED) is 0.821. The summed E-state index contributed by atoms with van der Waals surface area (Å²) in [6, 6.07) is 6.10. The lowest BCUT2D eigenvalue weighted by molar-refractivity contribution is -0.121. The number of sulfonamides is 1. The number of carbonyl (C=O) groups excluding carboxylic acids is 1. The van der Waals surface area contributed by atoms with Crippen molar-refractivity contribution in [3.8, 4) is 5.75 Å². The van der Waals surface area contributed by atoms with Gasteiger partial charge in [0, 0.05) is 13.1 Å². The van der Waals surface area contributed by atoms with E-state index in [1.165, 1.54) is 19.2 Å². The fourth-order valence-electron chi connectivity index (χ4n) is 1.71. The minimum atomic E-state index is -3.68. The van der Waals surface area contributed by atoms with E-state index < -0.39 is 10.0 Å². The summed E-state index contributed by atoms with van der Waals surface area (Å²) in [5.74, 6) is 0.277. The normalized spacial score (nSPS) is 11.7. The molecule has 0 bridgehead atoms. The molecular weight excluding hydrogens is 292 g/mol. The predicted molar refractivity (Wildman–Crippen MR) is 80.7 cm³/mol. The third kappa shape index (κ3) is 5.02. The average Bonchev–Trinajstić information content (AvgIpc) is 2.38. The summed E-state index contributed by atoms with van der Waals surface area (Å²) in [6.45, 7) is 5.79. The SMILES string of the molecule is CCOc1ccc(S(=O)(=O)N(C)CC(=O)NC(C)C)cc1. The number of hydrogen-bond acceptors (Lipinski definition) is 4. The van der Waals surface area contributed by atoms with E-state index in [4.69, 9.17) is 4.74 Å². The molecule has 0 unspecified atom stereocenters. The lowest BCUT2D eigenvalue weighted by Crippen LogP contribution is -2.40. The molecule has 0 atom stereocenters. The molecule has 0 aliphatic carbocycles. The molecule has 0 fully saturated rings. The topological polar surface area (TPSA) is 75.7 Å². The molecule has 1 N–H and O–H groups in total. The summed E-state index contributed by atoms with van der Waals surface area (Å²) >= 11 is 0. The van der Waals surface area contributed by atoms with Gasteiger partial charge in [0.15, 0.2) is 0 Å². The maximum Gasteiger partial charge on any atom is 0.243 e. The fourth-order valence-corrected chi connectivity index (χ4v) is 2.84. The Hall–Kier alpha value is -1.60. The first kappa shape index (κ1) is 17.5. The van der Waals surface area contributed by atoms with Crippen LogP contribution in [0.3, 0.4) is 0 Å². The van der Waals surface area contributed by atoms with E-state index in [0.29, 0.717) is 12.4 Å². The molecule has 7 heteroatoms. The first-order valence-corrected chi connectivity index (χ1v) is 8.20. The second-order valence-electron chi connectivity index (χ2n) is 4.89. The van der Waals surface area contributed by atoms with Gasteiger partial charge >= 0.3 is 0 Å². The van der Waals surface area contributed by atoms with Gasteiger partial charge in [0.05, 0.1) is 18.0 Å². The second kappa shape index (κ2) is 7.42. The van der Waals surface area contributed by atoms with Crippen molar-refractivity contribution < 1.29 is 17.9 Å². The van der Waals surface area contributed by atoms with Crippen LogP contribution in [0.15, 0.2) is 29.2 Å². The summed E-state index contributed by atoms with van der Waals surface area (Å²) in [6.07, 6.45) is 0. The molecule has 0 aliphatic rings. The van der Waals surface area contributed by atoms with Crippen LogP contribution < -0.4 is 10.1 Å². The van der Waals surface area contributed by atoms with Crippen molar-refractivity contribution in [3.63, 3.8) is 0 Å². The summed E-state index contributed by atoms with van der Waals surface area (Å²) < 4.78 is 31.0. The van der Waals surface area contributed by atoms with Crippen LogP contribution >= 0.6 is 0 Å². The number of hydrogen-bond donors (Lipinski definition) is 1. The van der Waals surface area contributed by atoms with Gasteiger partial charge in [-0.1, -0.05) is 0 Å². The van der Waals surface area contributed by atoms with E-state index in [2.05, 4.69) is 5.32 Å². The van der Waals surface area contributed by atoms with Gasteiger partial charge in [-0.15, -0.1) is 0 Å². The van der Waals surface area contributed by atoms with Gasteiger partial charge in [0.2, 0.25) is 15.9 Å².